The highest BCUT2D eigenvalue weighted by Crippen LogP contribution is 2.19. The van der Waals surface area contributed by atoms with Gasteiger partial charge in [-0.05, 0) is 23.6 Å². The van der Waals surface area contributed by atoms with Crippen molar-refractivity contribution in [2.45, 2.75) is 25.7 Å². The van der Waals surface area contributed by atoms with Crippen LogP contribution in [0, 0.1) is 0 Å². The van der Waals surface area contributed by atoms with Crippen molar-refractivity contribution in [1.82, 2.24) is 4.98 Å². The van der Waals surface area contributed by atoms with Crippen molar-refractivity contribution in [1.29, 1.82) is 0 Å². The van der Waals surface area contributed by atoms with E-state index in [-0.39, 0.29) is 12.3 Å². The van der Waals surface area contributed by atoms with Gasteiger partial charge in [0.15, 0.2) is 0 Å². The number of H-pyrrole nitrogens is 1. The van der Waals surface area contributed by atoms with Gasteiger partial charge in [0.25, 0.3) is 0 Å². The summed E-state index contributed by atoms with van der Waals surface area (Å²) in [5, 5.41) is 18.4. The van der Waals surface area contributed by atoms with E-state index in [2.05, 4.69) is 4.98 Å². The molecule has 0 saturated carbocycles. The first-order chi connectivity index (χ1) is 12.0. The lowest BCUT2D eigenvalue weighted by Crippen LogP contribution is -2.09. The van der Waals surface area contributed by atoms with Crippen LogP contribution in [0.25, 0.3) is 10.9 Å². The number of rotatable bonds is 5. The van der Waals surface area contributed by atoms with E-state index in [9.17, 15) is 9.59 Å². The second kappa shape index (κ2) is 8.68. The fraction of sp³-hybridized carbons (Fsp3) is 0.200. The van der Waals surface area contributed by atoms with Crippen LogP contribution in [0.15, 0.2) is 60.8 Å². The molecule has 0 fully saturated rings. The van der Waals surface area contributed by atoms with Gasteiger partial charge in [-0.2, -0.15) is 0 Å². The Labute approximate surface area is 145 Å². The highest BCUT2D eigenvalue weighted by atomic mass is 16.4. The van der Waals surface area contributed by atoms with E-state index >= 15 is 0 Å². The van der Waals surface area contributed by atoms with Crippen molar-refractivity contribution in [3.63, 3.8) is 0 Å². The molecule has 0 saturated heterocycles. The van der Waals surface area contributed by atoms with Gasteiger partial charge in [-0.3, -0.25) is 9.59 Å². The molecular weight excluding hydrogens is 318 g/mol. The molecule has 5 heteroatoms. The van der Waals surface area contributed by atoms with Crippen LogP contribution in [-0.2, 0) is 16.0 Å². The van der Waals surface area contributed by atoms with E-state index in [1.54, 1.807) is 6.20 Å². The van der Waals surface area contributed by atoms with E-state index < -0.39 is 11.9 Å². The molecule has 0 aliphatic heterocycles. The normalized spacial score (nSPS) is 11.4. The minimum absolute atomic E-state index is 0.0734. The molecule has 0 radical (unpaired) electrons. The van der Waals surface area contributed by atoms with Crippen LogP contribution in [0.1, 0.15) is 30.4 Å². The first-order valence-corrected chi connectivity index (χ1v) is 8.07. The SMILES string of the molecule is CCC(C(=O)O)c1ccccc1.O=C(O)Cc1c[nH]c2ccccc12. The quantitative estimate of drug-likeness (QED) is 0.654. The minimum Gasteiger partial charge on any atom is -0.481 e. The van der Waals surface area contributed by atoms with Crippen LogP contribution < -0.4 is 0 Å². The molecule has 1 aromatic heterocycles. The average Bonchev–Trinajstić information content (AvgIpc) is 2.99. The zero-order chi connectivity index (χ0) is 18.2. The smallest absolute Gasteiger partial charge is 0.310 e. The molecule has 0 bridgehead atoms. The van der Waals surface area contributed by atoms with E-state index in [0.29, 0.717) is 6.42 Å². The number of hydrogen-bond donors (Lipinski definition) is 3. The molecule has 2 aromatic carbocycles. The number of aromatic amines is 1. The van der Waals surface area contributed by atoms with E-state index in [1.165, 1.54) is 0 Å². The van der Waals surface area contributed by atoms with Gasteiger partial charge in [-0.25, -0.2) is 0 Å². The average molecular weight is 339 g/mol. The molecule has 3 N–H and O–H groups in total. The lowest BCUT2D eigenvalue weighted by atomic mass is 9.97. The molecule has 1 heterocycles. The zero-order valence-corrected chi connectivity index (χ0v) is 14.0. The molecule has 0 aliphatic rings. The number of fused-ring (bicyclic) bond motifs is 1. The molecule has 3 aromatic rings. The monoisotopic (exact) mass is 339 g/mol. The van der Waals surface area contributed by atoms with Gasteiger partial charge in [0.1, 0.15) is 0 Å². The molecule has 5 nitrogen and oxygen atoms in total. The Morgan fingerprint density at radius 3 is 2.24 bits per heavy atom. The van der Waals surface area contributed by atoms with Crippen LogP contribution in [0.2, 0.25) is 0 Å². The Bertz CT molecular complexity index is 839. The van der Waals surface area contributed by atoms with Crippen molar-refractivity contribution in [2.24, 2.45) is 0 Å². The third-order valence-corrected chi connectivity index (χ3v) is 3.92. The fourth-order valence-electron chi connectivity index (χ4n) is 2.68. The van der Waals surface area contributed by atoms with Gasteiger partial charge in [0.05, 0.1) is 12.3 Å². The predicted molar refractivity (Wildman–Crippen MR) is 96.7 cm³/mol. The number of aliphatic carboxylic acids is 2. The van der Waals surface area contributed by atoms with Gasteiger partial charge in [0.2, 0.25) is 0 Å². The molecule has 25 heavy (non-hydrogen) atoms. The van der Waals surface area contributed by atoms with Gasteiger partial charge in [0, 0.05) is 17.1 Å². The largest absolute Gasteiger partial charge is 0.481 e. The summed E-state index contributed by atoms with van der Waals surface area (Å²) in [4.78, 5) is 24.3. The van der Waals surface area contributed by atoms with Crippen molar-refractivity contribution >= 4 is 22.8 Å². The minimum atomic E-state index is -0.801. The fourth-order valence-corrected chi connectivity index (χ4v) is 2.68. The second-order valence-corrected chi connectivity index (χ2v) is 5.64. The lowest BCUT2D eigenvalue weighted by molar-refractivity contribution is -0.139. The Balaban J connectivity index is 0.000000181. The second-order valence-electron chi connectivity index (χ2n) is 5.64. The maximum absolute atomic E-state index is 10.7. The van der Waals surface area contributed by atoms with Crippen LogP contribution in [0.5, 0.6) is 0 Å². The topological polar surface area (TPSA) is 90.4 Å². The number of benzene rings is 2. The molecule has 1 atom stereocenters. The first kappa shape index (κ1) is 18.3. The number of carboxylic acids is 2. The van der Waals surface area contributed by atoms with E-state index in [4.69, 9.17) is 10.2 Å². The first-order valence-electron chi connectivity index (χ1n) is 8.07. The Hall–Kier alpha value is -3.08. The maximum atomic E-state index is 10.7. The number of carboxylic acid groups (broad SMARTS) is 2. The van der Waals surface area contributed by atoms with Gasteiger partial charge in [-0.1, -0.05) is 55.5 Å². The molecule has 1 unspecified atom stereocenters. The Morgan fingerprint density at radius 1 is 1.00 bits per heavy atom. The molecule has 130 valence electrons. The summed E-state index contributed by atoms with van der Waals surface area (Å²) in [6.07, 6.45) is 2.46. The number of para-hydroxylation sites is 1. The summed E-state index contributed by atoms with van der Waals surface area (Å²) in [6, 6.07) is 17.0. The van der Waals surface area contributed by atoms with E-state index in [1.807, 2.05) is 61.5 Å². The number of aromatic nitrogens is 1. The third-order valence-electron chi connectivity index (χ3n) is 3.92. The Kier molecular flexibility index (Phi) is 6.34. The van der Waals surface area contributed by atoms with Crippen molar-refractivity contribution < 1.29 is 19.8 Å². The Morgan fingerprint density at radius 2 is 1.64 bits per heavy atom. The van der Waals surface area contributed by atoms with Crippen LogP contribution in [0.3, 0.4) is 0 Å². The number of nitrogens with one attached hydrogen (secondary N) is 1. The lowest BCUT2D eigenvalue weighted by Gasteiger charge is -2.08. The standard InChI is InChI=1S/C10H9NO2.C10H12O2/c12-10(13)5-7-6-11-9-4-2-1-3-8(7)9;1-2-9(10(11)12)8-6-4-3-5-7-8/h1-4,6,11H,5H2,(H,12,13);3-7,9H,2H2,1H3,(H,11,12). The van der Waals surface area contributed by atoms with E-state index in [0.717, 1.165) is 22.0 Å². The van der Waals surface area contributed by atoms with Gasteiger partial charge >= 0.3 is 11.9 Å². The van der Waals surface area contributed by atoms with Crippen molar-refractivity contribution in [3.8, 4) is 0 Å². The highest BCUT2D eigenvalue weighted by Gasteiger charge is 2.16. The number of hydrogen-bond acceptors (Lipinski definition) is 2. The molecule has 0 spiro atoms. The maximum Gasteiger partial charge on any atom is 0.310 e. The van der Waals surface area contributed by atoms with Crippen molar-refractivity contribution in [2.75, 3.05) is 0 Å². The van der Waals surface area contributed by atoms with Crippen LogP contribution in [-0.4, -0.2) is 27.1 Å². The van der Waals surface area contributed by atoms with Gasteiger partial charge < -0.3 is 15.2 Å². The predicted octanol–water partition coefficient (Wildman–Crippen LogP) is 4.06. The molecule has 3 rings (SSSR count). The third kappa shape index (κ3) is 4.94. The van der Waals surface area contributed by atoms with Gasteiger partial charge in [-0.15, -0.1) is 0 Å². The zero-order valence-electron chi connectivity index (χ0n) is 14.0. The number of carbonyl (C=O) groups is 2. The molecular formula is C20H21NO4. The summed E-state index contributed by atoms with van der Waals surface area (Å²) in [5.41, 5.74) is 2.70. The molecule has 0 amide bonds. The summed E-state index contributed by atoms with van der Waals surface area (Å²) < 4.78 is 0. The summed E-state index contributed by atoms with van der Waals surface area (Å²) in [6.45, 7) is 1.88. The van der Waals surface area contributed by atoms with Crippen LogP contribution >= 0.6 is 0 Å². The highest BCUT2D eigenvalue weighted by molar-refractivity contribution is 5.86. The summed E-state index contributed by atoms with van der Waals surface area (Å²) in [5.74, 6) is -1.90. The molecule has 0 aliphatic carbocycles. The van der Waals surface area contributed by atoms with Crippen molar-refractivity contribution in [3.05, 3.63) is 71.9 Å². The summed E-state index contributed by atoms with van der Waals surface area (Å²) in [7, 11) is 0. The summed E-state index contributed by atoms with van der Waals surface area (Å²) >= 11 is 0. The van der Waals surface area contributed by atoms with Crippen LogP contribution in [0.4, 0.5) is 0 Å².